The van der Waals surface area contributed by atoms with Crippen LogP contribution >= 0.6 is 0 Å². The van der Waals surface area contributed by atoms with E-state index in [9.17, 15) is 9.59 Å². The van der Waals surface area contributed by atoms with Gasteiger partial charge in [-0.2, -0.15) is 0 Å². The fraction of sp³-hybridized carbons (Fsp3) is 0.176. The minimum absolute atomic E-state index is 0.449. The number of rotatable bonds is 3. The van der Waals surface area contributed by atoms with Crippen molar-refractivity contribution in [2.75, 3.05) is 17.7 Å². The average molecular weight is 312 g/mol. The van der Waals surface area contributed by atoms with Gasteiger partial charge in [-0.25, -0.2) is 0 Å². The summed E-state index contributed by atoms with van der Waals surface area (Å²) >= 11 is 0. The van der Waals surface area contributed by atoms with E-state index >= 15 is 0 Å². The molecule has 23 heavy (non-hydrogen) atoms. The molecule has 0 saturated carbocycles. The second-order valence-corrected chi connectivity index (χ2v) is 5.24. The zero-order valence-corrected chi connectivity index (χ0v) is 12.8. The molecule has 1 unspecified atom stereocenters. The standard InChI is InChI=1S/C17H16N2O4/c1-17(15(20)18-11-7-3-5-9-13(11)22-2)16(21)19-12-8-4-6-10-14(12)23-17/h3-10H,1-2H3,(H,18,20)(H,19,21). The normalized spacial score (nSPS) is 19.1. The minimum atomic E-state index is -1.67. The van der Waals surface area contributed by atoms with E-state index in [-0.39, 0.29) is 0 Å². The van der Waals surface area contributed by atoms with E-state index in [1.54, 1.807) is 48.5 Å². The Morgan fingerprint density at radius 3 is 2.65 bits per heavy atom. The highest BCUT2D eigenvalue weighted by Crippen LogP contribution is 2.34. The highest BCUT2D eigenvalue weighted by molar-refractivity contribution is 6.19. The third-order valence-electron chi connectivity index (χ3n) is 3.67. The van der Waals surface area contributed by atoms with Gasteiger partial charge < -0.3 is 20.1 Å². The van der Waals surface area contributed by atoms with E-state index < -0.39 is 17.4 Å². The van der Waals surface area contributed by atoms with Crippen LogP contribution in [0.5, 0.6) is 11.5 Å². The summed E-state index contributed by atoms with van der Waals surface area (Å²) < 4.78 is 10.9. The molecule has 0 radical (unpaired) electrons. The number of methoxy groups -OCH3 is 1. The van der Waals surface area contributed by atoms with Gasteiger partial charge in [-0.15, -0.1) is 0 Å². The Labute approximate surface area is 133 Å². The van der Waals surface area contributed by atoms with Crippen LogP contribution in [0, 0.1) is 0 Å². The third-order valence-corrected chi connectivity index (χ3v) is 3.67. The minimum Gasteiger partial charge on any atom is -0.495 e. The lowest BCUT2D eigenvalue weighted by atomic mass is 10.0. The molecule has 2 aromatic carbocycles. The maximum Gasteiger partial charge on any atom is 0.278 e. The summed E-state index contributed by atoms with van der Waals surface area (Å²) in [4.78, 5) is 25.0. The lowest BCUT2D eigenvalue weighted by Gasteiger charge is -2.33. The van der Waals surface area contributed by atoms with Crippen LogP contribution in [0.25, 0.3) is 0 Å². The Kier molecular flexibility index (Phi) is 3.65. The monoisotopic (exact) mass is 312 g/mol. The molecule has 0 saturated heterocycles. The lowest BCUT2D eigenvalue weighted by Crippen LogP contribution is -2.56. The van der Waals surface area contributed by atoms with Crippen molar-refractivity contribution >= 4 is 23.2 Å². The van der Waals surface area contributed by atoms with Crippen molar-refractivity contribution in [1.82, 2.24) is 0 Å². The maximum atomic E-state index is 12.6. The number of carbonyl (C=O) groups is 2. The van der Waals surface area contributed by atoms with E-state index in [2.05, 4.69) is 10.6 Å². The number of amides is 2. The maximum absolute atomic E-state index is 12.6. The molecule has 0 bridgehead atoms. The van der Waals surface area contributed by atoms with Crippen LogP contribution < -0.4 is 20.1 Å². The number of para-hydroxylation sites is 4. The number of carbonyl (C=O) groups excluding carboxylic acids is 2. The van der Waals surface area contributed by atoms with Crippen molar-refractivity contribution in [3.05, 3.63) is 48.5 Å². The van der Waals surface area contributed by atoms with Gasteiger partial charge in [-0.3, -0.25) is 9.59 Å². The Morgan fingerprint density at radius 1 is 1.17 bits per heavy atom. The third kappa shape index (κ3) is 2.59. The van der Waals surface area contributed by atoms with Gasteiger partial charge >= 0.3 is 0 Å². The Hall–Kier alpha value is -3.02. The molecule has 6 nitrogen and oxygen atoms in total. The van der Waals surface area contributed by atoms with E-state index in [1.807, 2.05) is 0 Å². The molecule has 1 heterocycles. The van der Waals surface area contributed by atoms with E-state index in [4.69, 9.17) is 9.47 Å². The second kappa shape index (κ2) is 5.64. The number of fused-ring (bicyclic) bond motifs is 1. The molecule has 0 fully saturated rings. The van der Waals surface area contributed by atoms with Gasteiger partial charge in [0.15, 0.2) is 0 Å². The van der Waals surface area contributed by atoms with Crippen LogP contribution in [0.15, 0.2) is 48.5 Å². The smallest absolute Gasteiger partial charge is 0.278 e. The fourth-order valence-corrected chi connectivity index (χ4v) is 2.31. The van der Waals surface area contributed by atoms with E-state index in [0.717, 1.165) is 0 Å². The molecule has 1 atom stereocenters. The van der Waals surface area contributed by atoms with Crippen LogP contribution in [0.4, 0.5) is 11.4 Å². The summed E-state index contributed by atoms with van der Waals surface area (Å²) in [5.74, 6) is -0.150. The zero-order chi connectivity index (χ0) is 16.4. The first kappa shape index (κ1) is 14.9. The van der Waals surface area contributed by atoms with Crippen molar-refractivity contribution in [1.29, 1.82) is 0 Å². The summed E-state index contributed by atoms with van der Waals surface area (Å²) in [7, 11) is 1.51. The molecular formula is C17H16N2O4. The number of ether oxygens (including phenoxy) is 2. The molecule has 2 aromatic rings. The molecule has 1 aliphatic heterocycles. The number of nitrogens with one attached hydrogen (secondary N) is 2. The first-order chi connectivity index (χ1) is 11.0. The first-order valence-electron chi connectivity index (χ1n) is 7.08. The first-order valence-corrected chi connectivity index (χ1v) is 7.08. The topological polar surface area (TPSA) is 76.7 Å². The van der Waals surface area contributed by atoms with Gasteiger partial charge in [0.2, 0.25) is 0 Å². The predicted molar refractivity (Wildman–Crippen MR) is 85.7 cm³/mol. The van der Waals surface area contributed by atoms with Crippen molar-refractivity contribution in [2.24, 2.45) is 0 Å². The van der Waals surface area contributed by atoms with Crippen LogP contribution in [0.1, 0.15) is 6.92 Å². The highest BCUT2D eigenvalue weighted by Gasteiger charge is 2.47. The van der Waals surface area contributed by atoms with Gasteiger partial charge in [0.1, 0.15) is 11.5 Å². The number of anilines is 2. The van der Waals surface area contributed by atoms with Gasteiger partial charge in [0, 0.05) is 0 Å². The molecular weight excluding hydrogens is 296 g/mol. The molecule has 0 spiro atoms. The van der Waals surface area contributed by atoms with Gasteiger partial charge in [-0.05, 0) is 31.2 Å². The summed E-state index contributed by atoms with van der Waals surface area (Å²) in [5.41, 5.74) is -0.661. The Bertz CT molecular complexity index is 775. The average Bonchev–Trinajstić information content (AvgIpc) is 2.56. The second-order valence-electron chi connectivity index (χ2n) is 5.24. The quantitative estimate of drug-likeness (QED) is 0.853. The summed E-state index contributed by atoms with van der Waals surface area (Å²) in [6, 6.07) is 13.9. The highest BCUT2D eigenvalue weighted by atomic mass is 16.5. The molecule has 1 aliphatic rings. The Morgan fingerprint density at radius 2 is 1.87 bits per heavy atom. The Balaban J connectivity index is 1.88. The fourth-order valence-electron chi connectivity index (χ4n) is 2.31. The van der Waals surface area contributed by atoms with E-state index in [1.165, 1.54) is 14.0 Å². The number of hydrogen-bond donors (Lipinski definition) is 2. The molecule has 118 valence electrons. The van der Waals surface area contributed by atoms with Crippen molar-refractivity contribution in [2.45, 2.75) is 12.5 Å². The summed E-state index contributed by atoms with van der Waals surface area (Å²) in [6.07, 6.45) is 0. The molecule has 0 aromatic heterocycles. The summed E-state index contributed by atoms with van der Waals surface area (Å²) in [5, 5.41) is 5.37. The lowest BCUT2D eigenvalue weighted by molar-refractivity contribution is -0.143. The van der Waals surface area contributed by atoms with Crippen molar-refractivity contribution in [3.63, 3.8) is 0 Å². The van der Waals surface area contributed by atoms with Crippen LogP contribution in [0.3, 0.4) is 0 Å². The largest absolute Gasteiger partial charge is 0.495 e. The van der Waals surface area contributed by atoms with Crippen LogP contribution in [0.2, 0.25) is 0 Å². The molecule has 0 aliphatic carbocycles. The zero-order valence-electron chi connectivity index (χ0n) is 12.8. The molecule has 3 rings (SSSR count). The molecule has 2 amide bonds. The SMILES string of the molecule is COc1ccccc1NC(=O)C1(C)Oc2ccccc2NC1=O. The molecule has 6 heteroatoms. The summed E-state index contributed by atoms with van der Waals surface area (Å²) in [6.45, 7) is 1.43. The number of hydrogen-bond acceptors (Lipinski definition) is 4. The molecule has 2 N–H and O–H groups in total. The predicted octanol–water partition coefficient (Wildman–Crippen LogP) is 2.42. The van der Waals surface area contributed by atoms with Gasteiger partial charge in [0.05, 0.1) is 18.5 Å². The van der Waals surface area contributed by atoms with Gasteiger partial charge in [-0.1, -0.05) is 24.3 Å². The van der Waals surface area contributed by atoms with Crippen LogP contribution in [-0.4, -0.2) is 24.5 Å². The number of benzene rings is 2. The van der Waals surface area contributed by atoms with Crippen LogP contribution in [-0.2, 0) is 9.59 Å². The van der Waals surface area contributed by atoms with E-state index in [0.29, 0.717) is 22.9 Å². The van der Waals surface area contributed by atoms with Gasteiger partial charge in [0.25, 0.3) is 17.4 Å². The van der Waals surface area contributed by atoms with Crippen molar-refractivity contribution in [3.8, 4) is 11.5 Å². The van der Waals surface area contributed by atoms with Crippen molar-refractivity contribution < 1.29 is 19.1 Å².